The van der Waals surface area contributed by atoms with Crippen LogP contribution in [0.5, 0.6) is 0 Å². The maximum absolute atomic E-state index is 9.96. The van der Waals surface area contributed by atoms with E-state index in [0.717, 1.165) is 43.0 Å². The molecular formula is C20H31BClNO3. The molecule has 144 valence electrons. The van der Waals surface area contributed by atoms with Gasteiger partial charge >= 0.3 is 7.12 Å². The van der Waals surface area contributed by atoms with E-state index in [0.29, 0.717) is 0 Å². The standard InChI is InChI=1S/C20H31BClNO3/c1-18(2,24)8-10-23-9-7-14-11-15(12-17(22)16(14)13-23)21-25-19(3,4)20(5,6)26-21/h11-12,24H,7-10,13H2,1-6H3. The SMILES string of the molecule is CC(C)(O)CCN1CCc2cc(B3OC(C)(C)C(C)(C)O3)cc(Cl)c2C1. The molecule has 3 rings (SSSR count). The number of benzene rings is 1. The van der Waals surface area contributed by atoms with Crippen LogP contribution in [0.4, 0.5) is 0 Å². The van der Waals surface area contributed by atoms with Gasteiger partial charge in [0, 0.05) is 24.7 Å². The Morgan fingerprint density at radius 3 is 2.38 bits per heavy atom. The molecule has 6 heteroatoms. The van der Waals surface area contributed by atoms with Gasteiger partial charge in [-0.1, -0.05) is 17.7 Å². The number of rotatable bonds is 4. The minimum Gasteiger partial charge on any atom is -0.399 e. The third kappa shape index (κ3) is 4.12. The summed E-state index contributed by atoms with van der Waals surface area (Å²) in [5, 5.41) is 10.7. The summed E-state index contributed by atoms with van der Waals surface area (Å²) in [7, 11) is -0.379. The van der Waals surface area contributed by atoms with Crippen LogP contribution in [0, 0.1) is 0 Å². The van der Waals surface area contributed by atoms with Gasteiger partial charge in [0.15, 0.2) is 0 Å². The van der Waals surface area contributed by atoms with Gasteiger partial charge in [-0.2, -0.15) is 0 Å². The van der Waals surface area contributed by atoms with Gasteiger partial charge in [-0.05, 0) is 77.0 Å². The van der Waals surface area contributed by atoms with Crippen molar-refractivity contribution in [2.24, 2.45) is 0 Å². The fourth-order valence-electron chi connectivity index (χ4n) is 3.44. The molecule has 0 amide bonds. The number of hydrogen-bond acceptors (Lipinski definition) is 4. The van der Waals surface area contributed by atoms with E-state index in [-0.39, 0.29) is 18.3 Å². The average molecular weight is 380 g/mol. The lowest BCUT2D eigenvalue weighted by atomic mass is 9.77. The van der Waals surface area contributed by atoms with Crippen LogP contribution in [0.1, 0.15) is 59.1 Å². The van der Waals surface area contributed by atoms with E-state index < -0.39 is 5.60 Å². The molecule has 0 unspecified atom stereocenters. The van der Waals surface area contributed by atoms with E-state index in [4.69, 9.17) is 20.9 Å². The van der Waals surface area contributed by atoms with Gasteiger partial charge in [-0.15, -0.1) is 0 Å². The first-order valence-electron chi connectivity index (χ1n) is 9.49. The topological polar surface area (TPSA) is 41.9 Å². The van der Waals surface area contributed by atoms with Crippen molar-refractivity contribution in [3.8, 4) is 0 Å². The van der Waals surface area contributed by atoms with E-state index >= 15 is 0 Å². The number of hydrogen-bond donors (Lipinski definition) is 1. The third-order valence-corrected chi connectivity index (χ3v) is 6.29. The van der Waals surface area contributed by atoms with Gasteiger partial charge < -0.3 is 14.4 Å². The summed E-state index contributed by atoms with van der Waals surface area (Å²) in [6.07, 6.45) is 1.71. The first-order chi connectivity index (χ1) is 11.9. The number of halogens is 1. The number of fused-ring (bicyclic) bond motifs is 1. The second kappa shape index (κ2) is 6.79. The van der Waals surface area contributed by atoms with Crippen LogP contribution >= 0.6 is 11.6 Å². The van der Waals surface area contributed by atoms with E-state index in [1.165, 1.54) is 11.1 Å². The molecule has 1 aromatic carbocycles. The highest BCUT2D eigenvalue weighted by Crippen LogP contribution is 2.37. The Morgan fingerprint density at radius 1 is 1.19 bits per heavy atom. The highest BCUT2D eigenvalue weighted by molar-refractivity contribution is 6.62. The Labute approximate surface area is 163 Å². The summed E-state index contributed by atoms with van der Waals surface area (Å²) in [5.74, 6) is 0. The van der Waals surface area contributed by atoms with Crippen LogP contribution in [-0.4, -0.2) is 47.0 Å². The third-order valence-electron chi connectivity index (χ3n) is 5.95. The summed E-state index contributed by atoms with van der Waals surface area (Å²) in [4.78, 5) is 2.36. The molecule has 0 saturated carbocycles. The minimum atomic E-state index is -0.634. The molecule has 1 fully saturated rings. The Hall–Kier alpha value is -0.585. The quantitative estimate of drug-likeness (QED) is 0.816. The van der Waals surface area contributed by atoms with E-state index in [1.54, 1.807) is 0 Å². The van der Waals surface area contributed by atoms with Crippen molar-refractivity contribution in [3.63, 3.8) is 0 Å². The normalized spacial score (nSPS) is 22.5. The van der Waals surface area contributed by atoms with E-state index in [1.807, 2.05) is 19.9 Å². The molecule has 0 spiro atoms. The fraction of sp³-hybridized carbons (Fsp3) is 0.700. The summed E-state index contributed by atoms with van der Waals surface area (Å²) < 4.78 is 12.3. The van der Waals surface area contributed by atoms with Gasteiger partial charge in [-0.25, -0.2) is 0 Å². The van der Waals surface area contributed by atoms with Gasteiger partial charge in [0.05, 0.1) is 16.8 Å². The molecule has 0 aromatic heterocycles. The molecule has 0 aliphatic carbocycles. The maximum Gasteiger partial charge on any atom is 0.494 e. The van der Waals surface area contributed by atoms with Gasteiger partial charge in [0.2, 0.25) is 0 Å². The van der Waals surface area contributed by atoms with Crippen molar-refractivity contribution in [1.82, 2.24) is 4.90 Å². The van der Waals surface area contributed by atoms with Gasteiger partial charge in [-0.3, -0.25) is 4.90 Å². The van der Waals surface area contributed by atoms with E-state index in [2.05, 4.69) is 38.7 Å². The van der Waals surface area contributed by atoms with Crippen molar-refractivity contribution < 1.29 is 14.4 Å². The fourth-order valence-corrected chi connectivity index (χ4v) is 3.74. The molecule has 2 aliphatic heterocycles. The van der Waals surface area contributed by atoms with Crippen LogP contribution in [0.25, 0.3) is 0 Å². The zero-order chi connectivity index (χ0) is 19.3. The summed E-state index contributed by atoms with van der Waals surface area (Å²) >= 11 is 6.64. The molecule has 4 nitrogen and oxygen atoms in total. The second-order valence-electron chi connectivity index (χ2n) is 9.32. The Morgan fingerprint density at radius 2 is 1.81 bits per heavy atom. The van der Waals surface area contributed by atoms with Crippen molar-refractivity contribution in [3.05, 3.63) is 28.3 Å². The highest BCUT2D eigenvalue weighted by Gasteiger charge is 2.51. The second-order valence-corrected chi connectivity index (χ2v) is 9.72. The Kier molecular flexibility index (Phi) is 5.26. The van der Waals surface area contributed by atoms with Crippen molar-refractivity contribution >= 4 is 24.2 Å². The first-order valence-corrected chi connectivity index (χ1v) is 9.87. The molecule has 2 heterocycles. The van der Waals surface area contributed by atoms with Crippen LogP contribution in [-0.2, 0) is 22.3 Å². The van der Waals surface area contributed by atoms with Gasteiger partial charge in [0.1, 0.15) is 0 Å². The lowest BCUT2D eigenvalue weighted by Crippen LogP contribution is -2.41. The van der Waals surface area contributed by atoms with Crippen molar-refractivity contribution in [2.75, 3.05) is 13.1 Å². The Bertz CT molecular complexity index is 668. The molecule has 0 radical (unpaired) electrons. The van der Waals surface area contributed by atoms with Crippen LogP contribution in [0.15, 0.2) is 12.1 Å². The first kappa shape index (κ1) is 20.2. The lowest BCUT2D eigenvalue weighted by molar-refractivity contribution is 0.00578. The summed E-state index contributed by atoms with van der Waals surface area (Å²) in [6.45, 7) is 14.6. The number of aliphatic hydroxyl groups is 1. The lowest BCUT2D eigenvalue weighted by Gasteiger charge is -2.32. The molecule has 0 atom stereocenters. The van der Waals surface area contributed by atoms with Crippen LogP contribution in [0.2, 0.25) is 5.02 Å². The van der Waals surface area contributed by atoms with Crippen molar-refractivity contribution in [2.45, 2.75) is 77.7 Å². The van der Waals surface area contributed by atoms with Crippen LogP contribution < -0.4 is 5.46 Å². The van der Waals surface area contributed by atoms with E-state index in [9.17, 15) is 5.11 Å². The molecule has 1 saturated heterocycles. The smallest absolute Gasteiger partial charge is 0.399 e. The monoisotopic (exact) mass is 379 g/mol. The molecule has 1 N–H and O–H groups in total. The predicted octanol–water partition coefficient (Wildman–Crippen LogP) is 3.16. The predicted molar refractivity (Wildman–Crippen MR) is 107 cm³/mol. The highest BCUT2D eigenvalue weighted by atomic mass is 35.5. The zero-order valence-corrected chi connectivity index (χ0v) is 17.6. The average Bonchev–Trinajstić information content (AvgIpc) is 2.73. The number of nitrogens with zero attached hydrogens (tertiary/aromatic N) is 1. The molecule has 0 bridgehead atoms. The summed E-state index contributed by atoms with van der Waals surface area (Å²) in [5.41, 5.74) is 2.13. The summed E-state index contributed by atoms with van der Waals surface area (Å²) in [6, 6.07) is 4.18. The molecular weight excluding hydrogens is 348 g/mol. The maximum atomic E-state index is 9.96. The molecule has 26 heavy (non-hydrogen) atoms. The van der Waals surface area contributed by atoms with Crippen molar-refractivity contribution in [1.29, 1.82) is 0 Å². The van der Waals surface area contributed by atoms with Crippen LogP contribution in [0.3, 0.4) is 0 Å². The molecule has 1 aromatic rings. The Balaban J connectivity index is 1.76. The van der Waals surface area contributed by atoms with Gasteiger partial charge in [0.25, 0.3) is 0 Å². The zero-order valence-electron chi connectivity index (χ0n) is 16.9. The minimum absolute atomic E-state index is 0.353. The largest absolute Gasteiger partial charge is 0.494 e. The molecule has 2 aliphatic rings.